The summed E-state index contributed by atoms with van der Waals surface area (Å²) >= 11 is 6.39. The highest BCUT2D eigenvalue weighted by Crippen LogP contribution is 2.33. The third kappa shape index (κ3) is 4.09. The van der Waals surface area contributed by atoms with Gasteiger partial charge in [-0.2, -0.15) is 0 Å². The van der Waals surface area contributed by atoms with Crippen LogP contribution < -0.4 is 4.90 Å². The molecule has 0 atom stereocenters. The third-order valence-electron chi connectivity index (χ3n) is 4.22. The Labute approximate surface area is 168 Å². The second-order valence-electron chi connectivity index (χ2n) is 5.83. The fourth-order valence-corrected chi connectivity index (χ4v) is 4.04. The van der Waals surface area contributed by atoms with Gasteiger partial charge in [-0.15, -0.1) is 0 Å². The molecule has 0 aliphatic carbocycles. The Morgan fingerprint density at radius 1 is 1.22 bits per heavy atom. The van der Waals surface area contributed by atoms with Gasteiger partial charge in [0.25, 0.3) is 11.8 Å². The molecule has 2 heterocycles. The minimum Gasteiger partial charge on any atom is -0.372 e. The summed E-state index contributed by atoms with van der Waals surface area (Å²) in [5.41, 5.74) is 2.36. The van der Waals surface area contributed by atoms with Crippen molar-refractivity contribution in [3.8, 4) is 0 Å². The molecule has 5 nitrogen and oxygen atoms in total. The van der Waals surface area contributed by atoms with Crippen molar-refractivity contribution >= 4 is 51.9 Å². The Morgan fingerprint density at radius 3 is 2.52 bits per heavy atom. The predicted molar refractivity (Wildman–Crippen MR) is 114 cm³/mol. The first-order valence-electron chi connectivity index (χ1n) is 8.62. The SMILES string of the molecule is CCN(CC)c1ccc(C=C2SC(=S)N(C(=O)c3cccnc3)C2=O)cc1. The van der Waals surface area contributed by atoms with E-state index in [4.69, 9.17) is 12.2 Å². The monoisotopic (exact) mass is 397 g/mol. The van der Waals surface area contributed by atoms with Crippen molar-refractivity contribution in [1.82, 2.24) is 9.88 Å². The number of hydrogen-bond acceptors (Lipinski definition) is 6. The Morgan fingerprint density at radius 2 is 1.93 bits per heavy atom. The molecular formula is C20H19N3O2S2. The summed E-state index contributed by atoms with van der Waals surface area (Å²) in [5.74, 6) is -0.849. The summed E-state index contributed by atoms with van der Waals surface area (Å²) in [6.45, 7) is 6.10. The normalized spacial score (nSPS) is 15.5. The Balaban J connectivity index is 1.81. The molecule has 0 bridgehead atoms. The van der Waals surface area contributed by atoms with Crippen molar-refractivity contribution in [2.45, 2.75) is 13.8 Å². The van der Waals surface area contributed by atoms with Crippen LogP contribution in [-0.4, -0.2) is 39.1 Å². The zero-order valence-electron chi connectivity index (χ0n) is 15.1. The van der Waals surface area contributed by atoms with E-state index in [0.29, 0.717) is 10.5 Å². The fraction of sp³-hybridized carbons (Fsp3) is 0.200. The van der Waals surface area contributed by atoms with Crippen molar-refractivity contribution in [2.24, 2.45) is 0 Å². The van der Waals surface area contributed by atoms with E-state index in [2.05, 4.69) is 23.7 Å². The number of amides is 2. The molecule has 138 valence electrons. The highest BCUT2D eigenvalue weighted by atomic mass is 32.2. The minimum atomic E-state index is -0.453. The lowest BCUT2D eigenvalue weighted by molar-refractivity contribution is -0.120. The predicted octanol–water partition coefficient (Wildman–Crippen LogP) is 3.97. The second-order valence-corrected chi connectivity index (χ2v) is 7.50. The number of thioether (sulfide) groups is 1. The van der Waals surface area contributed by atoms with Gasteiger partial charge in [0, 0.05) is 31.2 Å². The van der Waals surface area contributed by atoms with E-state index in [0.717, 1.165) is 41.0 Å². The zero-order valence-corrected chi connectivity index (χ0v) is 16.7. The number of imide groups is 1. The number of pyridine rings is 1. The van der Waals surface area contributed by atoms with Gasteiger partial charge in [-0.3, -0.25) is 14.6 Å². The largest absolute Gasteiger partial charge is 0.372 e. The average Bonchev–Trinajstić information content (AvgIpc) is 2.97. The molecule has 2 aromatic rings. The maximum absolute atomic E-state index is 12.7. The number of benzene rings is 1. The maximum Gasteiger partial charge on any atom is 0.273 e. The first-order chi connectivity index (χ1) is 13.0. The van der Waals surface area contributed by atoms with Crippen LogP contribution in [0, 0.1) is 0 Å². The summed E-state index contributed by atoms with van der Waals surface area (Å²) in [7, 11) is 0. The van der Waals surface area contributed by atoms with Gasteiger partial charge in [0.15, 0.2) is 4.32 Å². The van der Waals surface area contributed by atoms with Crippen molar-refractivity contribution in [2.75, 3.05) is 18.0 Å². The quantitative estimate of drug-likeness (QED) is 0.432. The van der Waals surface area contributed by atoms with Gasteiger partial charge in [-0.05, 0) is 49.8 Å². The summed E-state index contributed by atoms with van der Waals surface area (Å²) < 4.78 is 0.236. The van der Waals surface area contributed by atoms with Gasteiger partial charge in [0.2, 0.25) is 0 Å². The van der Waals surface area contributed by atoms with Crippen LogP contribution >= 0.6 is 24.0 Å². The highest BCUT2D eigenvalue weighted by molar-refractivity contribution is 8.26. The molecule has 0 unspecified atom stereocenters. The molecule has 7 heteroatoms. The van der Waals surface area contributed by atoms with Gasteiger partial charge in [-0.1, -0.05) is 36.1 Å². The van der Waals surface area contributed by atoms with Gasteiger partial charge >= 0.3 is 0 Å². The lowest BCUT2D eigenvalue weighted by atomic mass is 10.1. The van der Waals surface area contributed by atoms with E-state index in [1.54, 1.807) is 24.4 Å². The van der Waals surface area contributed by atoms with Gasteiger partial charge in [-0.25, -0.2) is 4.90 Å². The number of thiocarbonyl (C=S) groups is 1. The summed E-state index contributed by atoms with van der Waals surface area (Å²) in [4.78, 5) is 32.9. The number of hydrogen-bond donors (Lipinski definition) is 0. The molecule has 1 aliphatic rings. The van der Waals surface area contributed by atoms with Crippen LogP contribution in [0.1, 0.15) is 29.8 Å². The number of aromatic nitrogens is 1. The number of rotatable bonds is 5. The standard InChI is InChI=1S/C20H19N3O2S2/c1-3-22(4-2)16-9-7-14(8-10-16)12-17-19(25)23(20(26)27-17)18(24)15-6-5-11-21-13-15/h5-13H,3-4H2,1-2H3. The second kappa shape index (κ2) is 8.45. The van der Waals surface area contributed by atoms with Crippen LogP contribution in [0.25, 0.3) is 6.08 Å². The maximum atomic E-state index is 12.7. The van der Waals surface area contributed by atoms with E-state index in [-0.39, 0.29) is 4.32 Å². The average molecular weight is 398 g/mol. The minimum absolute atomic E-state index is 0.236. The molecule has 0 N–H and O–H groups in total. The van der Waals surface area contributed by atoms with Crippen molar-refractivity contribution < 1.29 is 9.59 Å². The molecular weight excluding hydrogens is 378 g/mol. The molecule has 1 saturated heterocycles. The van der Waals surface area contributed by atoms with Crippen molar-refractivity contribution in [3.63, 3.8) is 0 Å². The number of nitrogens with zero attached hydrogens (tertiary/aromatic N) is 3. The first kappa shape index (κ1) is 19.3. The number of carbonyl (C=O) groups excluding carboxylic acids is 2. The van der Waals surface area contributed by atoms with Gasteiger partial charge in [0.1, 0.15) is 0 Å². The molecule has 1 aromatic carbocycles. The summed E-state index contributed by atoms with van der Waals surface area (Å²) in [5, 5.41) is 0. The van der Waals surface area contributed by atoms with Crippen molar-refractivity contribution in [3.05, 3.63) is 64.8 Å². The summed E-state index contributed by atoms with van der Waals surface area (Å²) in [6.07, 6.45) is 4.77. The van der Waals surface area contributed by atoms with Gasteiger partial charge in [0.05, 0.1) is 10.5 Å². The topological polar surface area (TPSA) is 53.5 Å². The molecule has 1 aliphatic heterocycles. The van der Waals surface area contributed by atoms with E-state index in [1.807, 2.05) is 24.3 Å². The zero-order chi connectivity index (χ0) is 19.4. The Hall–Kier alpha value is -2.51. The lowest BCUT2D eigenvalue weighted by Crippen LogP contribution is -2.34. The van der Waals surface area contributed by atoms with Crippen LogP contribution in [0.4, 0.5) is 5.69 Å². The molecule has 1 fully saturated rings. The van der Waals surface area contributed by atoms with E-state index >= 15 is 0 Å². The molecule has 1 aromatic heterocycles. The fourth-order valence-electron chi connectivity index (χ4n) is 2.78. The lowest BCUT2D eigenvalue weighted by Gasteiger charge is -2.20. The van der Waals surface area contributed by atoms with Crippen LogP contribution in [-0.2, 0) is 4.79 Å². The number of carbonyl (C=O) groups is 2. The molecule has 0 saturated carbocycles. The molecule has 3 rings (SSSR count). The van der Waals surface area contributed by atoms with Crippen molar-refractivity contribution in [1.29, 1.82) is 0 Å². The smallest absolute Gasteiger partial charge is 0.273 e. The highest BCUT2D eigenvalue weighted by Gasteiger charge is 2.37. The van der Waals surface area contributed by atoms with Crippen LogP contribution in [0.5, 0.6) is 0 Å². The van der Waals surface area contributed by atoms with Crippen LogP contribution in [0.15, 0.2) is 53.7 Å². The molecule has 27 heavy (non-hydrogen) atoms. The molecule has 0 spiro atoms. The summed E-state index contributed by atoms with van der Waals surface area (Å²) in [6, 6.07) is 11.2. The molecule has 2 amide bonds. The van der Waals surface area contributed by atoms with E-state index < -0.39 is 11.8 Å². The first-order valence-corrected chi connectivity index (χ1v) is 9.85. The Kier molecular flexibility index (Phi) is 6.03. The van der Waals surface area contributed by atoms with Crippen LogP contribution in [0.3, 0.4) is 0 Å². The van der Waals surface area contributed by atoms with E-state index in [1.165, 1.54) is 6.20 Å². The van der Waals surface area contributed by atoms with E-state index in [9.17, 15) is 9.59 Å². The van der Waals surface area contributed by atoms with Gasteiger partial charge < -0.3 is 4.90 Å². The molecule has 0 radical (unpaired) electrons. The number of anilines is 1. The Bertz CT molecular complexity index is 891. The third-order valence-corrected chi connectivity index (χ3v) is 5.53. The van der Waals surface area contributed by atoms with Crippen LogP contribution in [0.2, 0.25) is 0 Å².